The first-order valence-electron chi connectivity index (χ1n) is 11.5. The second-order valence-electron chi connectivity index (χ2n) is 8.16. The first kappa shape index (κ1) is 24.8. The number of rotatable bonds is 9. The molecule has 1 atom stereocenters. The summed E-state index contributed by atoms with van der Waals surface area (Å²) < 4.78 is 21.1. The highest BCUT2D eigenvalue weighted by Gasteiger charge is 2.33. The Kier molecular flexibility index (Phi) is 7.85. The molecule has 1 aliphatic rings. The average molecular weight is 489 g/mol. The number of carbonyl (C=O) groups is 2. The number of carbonyl (C=O) groups excluding carboxylic acids is 2. The Hall–Kier alpha value is -4.33. The highest BCUT2D eigenvalue weighted by molar-refractivity contribution is 6.03. The zero-order valence-electron chi connectivity index (χ0n) is 20.5. The van der Waals surface area contributed by atoms with E-state index in [2.05, 4.69) is 5.10 Å². The van der Waals surface area contributed by atoms with E-state index in [0.29, 0.717) is 23.5 Å². The van der Waals surface area contributed by atoms with Crippen LogP contribution in [-0.2, 0) is 20.7 Å². The highest BCUT2D eigenvalue weighted by atomic mass is 16.5. The molecule has 0 saturated carbocycles. The number of methoxy groups -OCH3 is 3. The van der Waals surface area contributed by atoms with Gasteiger partial charge in [-0.1, -0.05) is 48.5 Å². The minimum atomic E-state index is -0.542. The summed E-state index contributed by atoms with van der Waals surface area (Å²) in [5, 5.41) is 6.02. The number of nitrogens with zero attached hydrogens (tertiary/aromatic N) is 2. The Morgan fingerprint density at radius 2 is 1.58 bits per heavy atom. The minimum Gasteiger partial charge on any atom is -0.497 e. The number of benzene rings is 3. The van der Waals surface area contributed by atoms with E-state index < -0.39 is 18.5 Å². The number of amides is 1. The van der Waals surface area contributed by atoms with Crippen LogP contribution in [0.1, 0.15) is 29.2 Å². The molecule has 0 bridgehead atoms. The topological polar surface area (TPSA) is 86.7 Å². The first-order valence-corrected chi connectivity index (χ1v) is 11.5. The van der Waals surface area contributed by atoms with Crippen molar-refractivity contribution in [2.75, 3.05) is 27.9 Å². The van der Waals surface area contributed by atoms with Crippen LogP contribution < -0.4 is 14.2 Å². The van der Waals surface area contributed by atoms with Gasteiger partial charge >= 0.3 is 5.97 Å². The van der Waals surface area contributed by atoms with Crippen LogP contribution in [0, 0.1) is 0 Å². The van der Waals surface area contributed by atoms with E-state index in [4.69, 9.17) is 18.9 Å². The molecule has 1 amide bonds. The molecular weight excluding hydrogens is 460 g/mol. The molecule has 186 valence electrons. The molecule has 8 nitrogen and oxygen atoms in total. The quantitative estimate of drug-likeness (QED) is 0.420. The zero-order valence-corrected chi connectivity index (χ0v) is 20.5. The molecule has 0 N–H and O–H groups in total. The molecular formula is C28H28N2O6. The van der Waals surface area contributed by atoms with Gasteiger partial charge in [0.1, 0.15) is 17.2 Å². The summed E-state index contributed by atoms with van der Waals surface area (Å²) in [6.45, 7) is -0.421. The van der Waals surface area contributed by atoms with Crippen molar-refractivity contribution in [3.8, 4) is 17.2 Å². The third-order valence-corrected chi connectivity index (χ3v) is 5.96. The minimum absolute atomic E-state index is 0.0408. The molecule has 0 aliphatic carbocycles. The van der Waals surface area contributed by atoms with E-state index in [-0.39, 0.29) is 12.5 Å². The van der Waals surface area contributed by atoms with Crippen LogP contribution in [0.3, 0.4) is 0 Å². The zero-order chi connectivity index (χ0) is 25.5. The lowest BCUT2D eigenvalue weighted by molar-refractivity contribution is -0.152. The molecule has 0 radical (unpaired) electrons. The normalized spacial score (nSPS) is 14.7. The molecule has 3 aromatic carbocycles. The van der Waals surface area contributed by atoms with E-state index >= 15 is 0 Å². The Bertz CT molecular complexity index is 1240. The number of ether oxygens (including phenoxy) is 4. The molecule has 0 fully saturated rings. The lowest BCUT2D eigenvalue weighted by Crippen LogP contribution is -2.31. The van der Waals surface area contributed by atoms with Crippen molar-refractivity contribution in [1.29, 1.82) is 0 Å². The molecule has 1 heterocycles. The molecule has 4 rings (SSSR count). The van der Waals surface area contributed by atoms with Crippen molar-refractivity contribution in [3.63, 3.8) is 0 Å². The monoisotopic (exact) mass is 488 g/mol. The third-order valence-electron chi connectivity index (χ3n) is 5.96. The van der Waals surface area contributed by atoms with Gasteiger partial charge in [-0.25, -0.2) is 5.01 Å². The van der Waals surface area contributed by atoms with Crippen molar-refractivity contribution in [1.82, 2.24) is 5.01 Å². The molecule has 1 aliphatic heterocycles. The Labute approximate surface area is 210 Å². The summed E-state index contributed by atoms with van der Waals surface area (Å²) in [4.78, 5) is 25.7. The molecule has 3 aromatic rings. The van der Waals surface area contributed by atoms with Gasteiger partial charge < -0.3 is 18.9 Å². The average Bonchev–Trinajstić information content (AvgIpc) is 3.38. The van der Waals surface area contributed by atoms with Crippen molar-refractivity contribution < 1.29 is 28.5 Å². The second kappa shape index (κ2) is 11.4. The Morgan fingerprint density at radius 3 is 2.25 bits per heavy atom. The fourth-order valence-electron chi connectivity index (χ4n) is 4.04. The van der Waals surface area contributed by atoms with Gasteiger partial charge in [0, 0.05) is 18.1 Å². The highest BCUT2D eigenvalue weighted by Crippen LogP contribution is 2.33. The molecule has 8 heteroatoms. The summed E-state index contributed by atoms with van der Waals surface area (Å²) in [6.07, 6.45) is 0.500. The van der Waals surface area contributed by atoms with Crippen molar-refractivity contribution in [2.24, 2.45) is 5.10 Å². The van der Waals surface area contributed by atoms with Crippen molar-refractivity contribution in [3.05, 3.63) is 89.5 Å². The number of hydrogen-bond acceptors (Lipinski definition) is 7. The molecule has 0 aromatic heterocycles. The van der Waals surface area contributed by atoms with Crippen LogP contribution in [0.5, 0.6) is 17.2 Å². The van der Waals surface area contributed by atoms with Gasteiger partial charge in [0.15, 0.2) is 6.61 Å². The fourth-order valence-corrected chi connectivity index (χ4v) is 4.04. The maximum atomic E-state index is 13.2. The van der Waals surface area contributed by atoms with Crippen LogP contribution in [-0.4, -0.2) is 50.5 Å². The van der Waals surface area contributed by atoms with E-state index in [0.717, 1.165) is 22.6 Å². The molecule has 1 unspecified atom stereocenters. The number of hydrogen-bond donors (Lipinski definition) is 0. The summed E-state index contributed by atoms with van der Waals surface area (Å²) in [5.41, 5.74) is 3.28. The van der Waals surface area contributed by atoms with Gasteiger partial charge in [0.25, 0.3) is 5.91 Å². The lowest BCUT2D eigenvalue weighted by Gasteiger charge is -2.22. The Morgan fingerprint density at radius 1 is 0.889 bits per heavy atom. The summed E-state index contributed by atoms with van der Waals surface area (Å²) in [5.74, 6) is 0.899. The third kappa shape index (κ3) is 5.66. The van der Waals surface area contributed by atoms with E-state index in [1.165, 1.54) is 12.1 Å². The van der Waals surface area contributed by atoms with E-state index in [1.807, 2.05) is 54.6 Å². The molecule has 0 spiro atoms. The van der Waals surface area contributed by atoms with Gasteiger partial charge in [-0.15, -0.1) is 0 Å². The first-order chi connectivity index (χ1) is 17.5. The van der Waals surface area contributed by atoms with Crippen LogP contribution in [0.2, 0.25) is 0 Å². The summed E-state index contributed by atoms with van der Waals surface area (Å²) in [6, 6.07) is 22.1. The summed E-state index contributed by atoms with van der Waals surface area (Å²) >= 11 is 0. The molecule has 0 saturated heterocycles. The number of hydrazone groups is 1. The van der Waals surface area contributed by atoms with E-state index in [9.17, 15) is 9.59 Å². The van der Waals surface area contributed by atoms with Crippen molar-refractivity contribution >= 4 is 17.6 Å². The SMILES string of the molecule is COc1ccc(C2CC(c3ccccc3)=NN2C(=O)COC(=O)Cc2ccc(OC)cc2OC)cc1. The van der Waals surface area contributed by atoms with Gasteiger partial charge in [0.2, 0.25) is 0 Å². The van der Waals surface area contributed by atoms with Crippen LogP contribution in [0.4, 0.5) is 0 Å². The van der Waals surface area contributed by atoms with Gasteiger partial charge in [0.05, 0.1) is 39.5 Å². The fraction of sp³-hybridized carbons (Fsp3) is 0.250. The van der Waals surface area contributed by atoms with Crippen LogP contribution in [0.15, 0.2) is 77.9 Å². The van der Waals surface area contributed by atoms with Gasteiger partial charge in [-0.3, -0.25) is 9.59 Å². The van der Waals surface area contributed by atoms with Crippen molar-refractivity contribution in [2.45, 2.75) is 18.9 Å². The van der Waals surface area contributed by atoms with Crippen LogP contribution in [0.25, 0.3) is 0 Å². The van der Waals surface area contributed by atoms with E-state index in [1.54, 1.807) is 32.4 Å². The molecule has 36 heavy (non-hydrogen) atoms. The smallest absolute Gasteiger partial charge is 0.310 e. The van der Waals surface area contributed by atoms with Crippen LogP contribution >= 0.6 is 0 Å². The maximum absolute atomic E-state index is 13.2. The summed E-state index contributed by atoms with van der Waals surface area (Å²) in [7, 11) is 4.67. The lowest BCUT2D eigenvalue weighted by atomic mass is 9.98. The van der Waals surface area contributed by atoms with Gasteiger partial charge in [-0.2, -0.15) is 5.10 Å². The largest absolute Gasteiger partial charge is 0.497 e. The second-order valence-corrected chi connectivity index (χ2v) is 8.16. The predicted octanol–water partition coefficient (Wildman–Crippen LogP) is 4.18. The van der Waals surface area contributed by atoms with Gasteiger partial charge in [-0.05, 0) is 29.3 Å². The standard InChI is InChI=1S/C28H28N2O6/c1-33-22-12-9-20(10-13-22)25-17-24(19-7-5-4-6-8-19)29-30(25)27(31)18-36-28(32)15-21-11-14-23(34-2)16-26(21)35-3/h4-14,16,25H,15,17-18H2,1-3H3. The predicted molar refractivity (Wildman–Crippen MR) is 134 cm³/mol. The number of esters is 1. The maximum Gasteiger partial charge on any atom is 0.310 e. The Balaban J connectivity index is 1.47.